The lowest BCUT2D eigenvalue weighted by Crippen LogP contribution is -2.51. The molecule has 1 saturated heterocycles. The molecule has 3 N–H and O–H groups in total. The average molecular weight is 580 g/mol. The molecule has 1 atom stereocenters. The number of fused-ring (bicyclic) bond motifs is 2. The second-order valence-corrected chi connectivity index (χ2v) is 11.3. The van der Waals surface area contributed by atoms with Gasteiger partial charge in [0, 0.05) is 50.3 Å². The molecule has 0 bridgehead atoms. The van der Waals surface area contributed by atoms with Gasteiger partial charge in [0.2, 0.25) is 6.79 Å². The van der Waals surface area contributed by atoms with Gasteiger partial charge in [-0.05, 0) is 78.2 Å². The van der Waals surface area contributed by atoms with Gasteiger partial charge < -0.3 is 14.5 Å². The van der Waals surface area contributed by atoms with Crippen LogP contribution in [-0.4, -0.2) is 65.1 Å². The van der Waals surface area contributed by atoms with E-state index >= 15 is 0 Å². The van der Waals surface area contributed by atoms with Gasteiger partial charge in [-0.2, -0.15) is 5.53 Å². The number of aryl methyl sites for hydroxylation is 2. The fourth-order valence-corrected chi connectivity index (χ4v) is 5.94. The summed E-state index contributed by atoms with van der Waals surface area (Å²) in [6.45, 7) is 8.34. The van der Waals surface area contributed by atoms with Crippen molar-refractivity contribution >= 4 is 16.7 Å². The summed E-state index contributed by atoms with van der Waals surface area (Å²) in [4.78, 5) is 21.2. The maximum Gasteiger partial charge on any atom is 0.253 e. The summed E-state index contributed by atoms with van der Waals surface area (Å²) in [5.74, 6) is 1.68. The van der Waals surface area contributed by atoms with Crippen LogP contribution in [-0.2, 0) is 13.0 Å². The number of hydrogen-bond donors (Lipinski definition) is 3. The van der Waals surface area contributed by atoms with Gasteiger partial charge in [0.15, 0.2) is 11.5 Å². The molecule has 0 radical (unpaired) electrons. The largest absolute Gasteiger partial charge is 0.454 e. The van der Waals surface area contributed by atoms with Crippen LogP contribution in [0.5, 0.6) is 11.5 Å². The Bertz CT molecular complexity index is 1700. The van der Waals surface area contributed by atoms with Crippen LogP contribution in [0.3, 0.4) is 0 Å². The Morgan fingerprint density at radius 1 is 0.953 bits per heavy atom. The summed E-state index contributed by atoms with van der Waals surface area (Å²) >= 11 is 0. The minimum absolute atomic E-state index is 0.129. The molecule has 1 unspecified atom stereocenters. The Kier molecular flexibility index (Phi) is 8.22. The predicted molar refractivity (Wildman–Crippen MR) is 166 cm³/mol. The van der Waals surface area contributed by atoms with Gasteiger partial charge in [0.05, 0.1) is 0 Å². The number of nitrogens with zero attached hydrogens (tertiary/aromatic N) is 4. The van der Waals surface area contributed by atoms with E-state index in [0.717, 1.165) is 64.3 Å². The minimum atomic E-state index is -0.646. The van der Waals surface area contributed by atoms with Crippen LogP contribution < -0.4 is 15.0 Å². The van der Waals surface area contributed by atoms with Crippen LogP contribution >= 0.6 is 0 Å². The minimum Gasteiger partial charge on any atom is -0.454 e. The van der Waals surface area contributed by atoms with Crippen molar-refractivity contribution in [2.75, 3.05) is 39.5 Å². The van der Waals surface area contributed by atoms with Crippen molar-refractivity contribution in [3.8, 4) is 11.5 Å². The van der Waals surface area contributed by atoms with Crippen molar-refractivity contribution in [3.63, 3.8) is 0 Å². The first-order chi connectivity index (χ1) is 20.9. The zero-order valence-corrected chi connectivity index (χ0v) is 24.6. The molecule has 0 saturated carbocycles. The Hall–Kier alpha value is -4.54. The van der Waals surface area contributed by atoms with Crippen LogP contribution in [0, 0.1) is 24.8 Å². The summed E-state index contributed by atoms with van der Waals surface area (Å²) < 4.78 is 11.0. The first-order valence-corrected chi connectivity index (χ1v) is 14.7. The molecule has 3 heterocycles. The van der Waals surface area contributed by atoms with Crippen molar-refractivity contribution < 1.29 is 9.47 Å². The van der Waals surface area contributed by atoms with Gasteiger partial charge in [-0.3, -0.25) is 20.0 Å². The van der Waals surface area contributed by atoms with Crippen molar-refractivity contribution in [3.05, 3.63) is 105 Å². The molecule has 3 aromatic carbocycles. The topological polar surface area (TPSA) is 121 Å². The first kappa shape index (κ1) is 28.6. The third-order valence-corrected chi connectivity index (χ3v) is 8.51. The van der Waals surface area contributed by atoms with Gasteiger partial charge in [-0.15, -0.1) is 0 Å². The lowest BCUT2D eigenvalue weighted by atomic mass is 9.99. The number of piperazine rings is 1. The fraction of sp³-hybridized carbons (Fsp3) is 0.333. The van der Waals surface area contributed by atoms with Gasteiger partial charge in [-0.25, -0.2) is 5.01 Å². The number of aromatic nitrogens is 1. The highest BCUT2D eigenvalue weighted by atomic mass is 16.7. The quantitative estimate of drug-likeness (QED) is 0.108. The third kappa shape index (κ3) is 6.16. The molecular formula is C33H37N7O3. The Morgan fingerprint density at radius 2 is 1.70 bits per heavy atom. The fourth-order valence-electron chi connectivity index (χ4n) is 5.94. The molecule has 1 aromatic heterocycles. The predicted octanol–water partition coefficient (Wildman–Crippen LogP) is 5.20. The normalized spacial score (nSPS) is 15.9. The number of pyridine rings is 1. The van der Waals surface area contributed by atoms with Crippen LogP contribution in [0.2, 0.25) is 0 Å². The molecule has 2 aliphatic heterocycles. The SMILES string of the molecule is Cc1cc2cc(C(C(=N)N(CCc3ccccc3)N=N)N3CCN(Cc4ccc5c(c4)OCO5)CC3)c(=O)[nH]c2cc1C. The number of ether oxygens (including phenoxy) is 2. The third-order valence-electron chi connectivity index (χ3n) is 8.51. The average Bonchev–Trinajstić information content (AvgIpc) is 3.48. The standard InChI is InChI=1S/C33H37N7O3/c1-22-16-26-19-27(33(41)36-28(26)17-23(22)2)31(32(34)40(37-35)11-10-24-6-4-3-5-7-24)39-14-12-38(13-15-39)20-25-8-9-29-30(18-25)43-21-42-29/h3-9,16-19,31,34-35H,10-15,20-21H2,1-2H3,(H,36,41). The van der Waals surface area contributed by atoms with E-state index in [1.807, 2.05) is 61.5 Å². The van der Waals surface area contributed by atoms with Gasteiger partial charge >= 0.3 is 0 Å². The lowest BCUT2D eigenvalue weighted by molar-refractivity contribution is 0.107. The van der Waals surface area contributed by atoms with Crippen molar-refractivity contribution in [2.45, 2.75) is 32.9 Å². The molecule has 2 aliphatic rings. The van der Waals surface area contributed by atoms with Crippen molar-refractivity contribution in [1.29, 1.82) is 10.9 Å². The van der Waals surface area contributed by atoms with E-state index < -0.39 is 6.04 Å². The maximum absolute atomic E-state index is 13.6. The molecule has 10 nitrogen and oxygen atoms in total. The highest BCUT2D eigenvalue weighted by molar-refractivity contribution is 5.88. The van der Waals surface area contributed by atoms with Crippen LogP contribution in [0.1, 0.15) is 33.9 Å². The smallest absolute Gasteiger partial charge is 0.253 e. The van der Waals surface area contributed by atoms with Crippen LogP contribution in [0.15, 0.2) is 76.7 Å². The highest BCUT2D eigenvalue weighted by Crippen LogP contribution is 2.33. The molecule has 222 valence electrons. The Balaban J connectivity index is 1.26. The molecule has 0 amide bonds. The summed E-state index contributed by atoms with van der Waals surface area (Å²) in [5.41, 5.74) is 13.5. The van der Waals surface area contributed by atoms with E-state index in [4.69, 9.17) is 15.0 Å². The van der Waals surface area contributed by atoms with Crippen molar-refractivity contribution in [1.82, 2.24) is 19.8 Å². The highest BCUT2D eigenvalue weighted by Gasteiger charge is 2.33. The van der Waals surface area contributed by atoms with E-state index in [1.165, 1.54) is 5.01 Å². The second-order valence-electron chi connectivity index (χ2n) is 11.3. The van der Waals surface area contributed by atoms with Gasteiger partial charge in [0.1, 0.15) is 11.9 Å². The van der Waals surface area contributed by atoms with Gasteiger partial charge in [0.25, 0.3) is 5.56 Å². The Labute approximate surface area is 250 Å². The number of benzene rings is 3. The summed E-state index contributed by atoms with van der Waals surface area (Å²) in [5, 5.41) is 15.4. The molecular weight excluding hydrogens is 542 g/mol. The summed E-state index contributed by atoms with van der Waals surface area (Å²) in [6.07, 6.45) is 0.633. The molecule has 6 rings (SSSR count). The van der Waals surface area contributed by atoms with Crippen molar-refractivity contribution in [2.24, 2.45) is 5.22 Å². The van der Waals surface area contributed by atoms with E-state index in [-0.39, 0.29) is 18.2 Å². The van der Waals surface area contributed by atoms with E-state index in [9.17, 15) is 10.2 Å². The number of amidine groups is 1. The molecule has 4 aromatic rings. The molecule has 0 spiro atoms. The molecule has 0 aliphatic carbocycles. The molecule has 1 fully saturated rings. The van der Waals surface area contributed by atoms with Crippen LogP contribution in [0.25, 0.3) is 10.9 Å². The number of aromatic amines is 1. The number of H-pyrrole nitrogens is 1. The monoisotopic (exact) mass is 579 g/mol. The van der Waals surface area contributed by atoms with E-state index in [1.54, 1.807) is 0 Å². The maximum atomic E-state index is 13.6. The number of hydrogen-bond acceptors (Lipinski definition) is 8. The van der Waals surface area contributed by atoms with E-state index in [0.29, 0.717) is 31.6 Å². The summed E-state index contributed by atoms with van der Waals surface area (Å²) in [7, 11) is 0. The van der Waals surface area contributed by atoms with Crippen LogP contribution in [0.4, 0.5) is 0 Å². The second kappa shape index (κ2) is 12.4. The first-order valence-electron chi connectivity index (χ1n) is 14.7. The lowest BCUT2D eigenvalue weighted by Gasteiger charge is -2.40. The zero-order valence-electron chi connectivity index (χ0n) is 24.6. The zero-order chi connectivity index (χ0) is 29.9. The molecule has 10 heteroatoms. The Morgan fingerprint density at radius 3 is 2.47 bits per heavy atom. The molecule has 43 heavy (non-hydrogen) atoms. The summed E-state index contributed by atoms with van der Waals surface area (Å²) in [6, 6.07) is 21.4. The number of rotatable bonds is 9. The van der Waals surface area contributed by atoms with E-state index in [2.05, 4.69) is 39.1 Å². The van der Waals surface area contributed by atoms with Gasteiger partial charge in [-0.1, -0.05) is 41.6 Å². The number of nitrogens with one attached hydrogen (secondary N) is 3.